The SMILES string of the molecule is CC(C)(C)ON=C1CCC(NC(=O)O)CC1. The molecule has 5 nitrogen and oxygen atoms in total. The van der Waals surface area contributed by atoms with Crippen LogP contribution in [0.15, 0.2) is 5.16 Å². The van der Waals surface area contributed by atoms with Crippen LogP contribution in [0.5, 0.6) is 0 Å². The summed E-state index contributed by atoms with van der Waals surface area (Å²) in [6.07, 6.45) is 2.27. The minimum Gasteiger partial charge on any atom is -0.465 e. The van der Waals surface area contributed by atoms with Gasteiger partial charge in [-0.3, -0.25) is 0 Å². The van der Waals surface area contributed by atoms with E-state index in [0.717, 1.165) is 31.4 Å². The normalized spacial score (nSPS) is 21.4. The van der Waals surface area contributed by atoms with Crippen LogP contribution in [0.2, 0.25) is 0 Å². The quantitative estimate of drug-likeness (QED) is 0.713. The standard InChI is InChI=1S/C11H20N2O3/c1-11(2,3)16-13-9-6-4-8(5-7-9)12-10(14)15/h8,12H,4-7H2,1-3H3,(H,14,15). The summed E-state index contributed by atoms with van der Waals surface area (Å²) in [7, 11) is 0. The van der Waals surface area contributed by atoms with E-state index in [2.05, 4.69) is 10.5 Å². The highest BCUT2D eigenvalue weighted by atomic mass is 16.6. The zero-order valence-corrected chi connectivity index (χ0v) is 10.1. The van der Waals surface area contributed by atoms with Crippen molar-refractivity contribution in [2.75, 3.05) is 0 Å². The molecule has 0 bridgehead atoms. The van der Waals surface area contributed by atoms with Crippen molar-refractivity contribution in [3.63, 3.8) is 0 Å². The van der Waals surface area contributed by atoms with E-state index in [4.69, 9.17) is 9.94 Å². The predicted molar refractivity (Wildman–Crippen MR) is 61.7 cm³/mol. The Morgan fingerprint density at radius 2 is 2.00 bits per heavy atom. The molecule has 16 heavy (non-hydrogen) atoms. The fourth-order valence-electron chi connectivity index (χ4n) is 1.56. The Kier molecular flexibility index (Phi) is 4.15. The molecule has 0 aromatic carbocycles. The van der Waals surface area contributed by atoms with Crippen LogP contribution < -0.4 is 5.32 Å². The zero-order chi connectivity index (χ0) is 12.2. The van der Waals surface area contributed by atoms with Crippen LogP contribution in [0.4, 0.5) is 4.79 Å². The van der Waals surface area contributed by atoms with Crippen LogP contribution in [-0.4, -0.2) is 28.6 Å². The van der Waals surface area contributed by atoms with E-state index in [9.17, 15) is 4.79 Å². The van der Waals surface area contributed by atoms with Crippen LogP contribution in [0.3, 0.4) is 0 Å². The third-order valence-corrected chi connectivity index (χ3v) is 2.34. The van der Waals surface area contributed by atoms with Crippen molar-refractivity contribution < 1.29 is 14.7 Å². The van der Waals surface area contributed by atoms with E-state index in [1.807, 2.05) is 20.8 Å². The molecule has 0 saturated heterocycles. The van der Waals surface area contributed by atoms with Crippen molar-refractivity contribution in [2.24, 2.45) is 5.16 Å². The summed E-state index contributed by atoms with van der Waals surface area (Å²) in [6.45, 7) is 5.86. The van der Waals surface area contributed by atoms with Crippen molar-refractivity contribution in [2.45, 2.75) is 58.1 Å². The van der Waals surface area contributed by atoms with E-state index >= 15 is 0 Å². The minimum atomic E-state index is -0.948. The van der Waals surface area contributed by atoms with Crippen LogP contribution in [0, 0.1) is 0 Å². The molecule has 0 heterocycles. The van der Waals surface area contributed by atoms with Crippen LogP contribution in [0.1, 0.15) is 46.5 Å². The molecule has 1 aliphatic carbocycles. The summed E-state index contributed by atoms with van der Waals surface area (Å²) in [5, 5.41) is 15.2. The first kappa shape index (κ1) is 12.8. The first-order valence-electron chi connectivity index (χ1n) is 5.60. The molecule has 0 aromatic rings. The molecule has 1 saturated carbocycles. The Labute approximate surface area is 95.9 Å². The first-order chi connectivity index (χ1) is 7.37. The maximum absolute atomic E-state index is 10.4. The second-order valence-corrected chi connectivity index (χ2v) is 5.08. The maximum atomic E-state index is 10.4. The van der Waals surface area contributed by atoms with E-state index in [1.165, 1.54) is 0 Å². The lowest BCUT2D eigenvalue weighted by atomic mass is 9.94. The van der Waals surface area contributed by atoms with E-state index in [1.54, 1.807) is 0 Å². The van der Waals surface area contributed by atoms with Crippen molar-refractivity contribution in [1.82, 2.24) is 5.32 Å². The monoisotopic (exact) mass is 228 g/mol. The largest absolute Gasteiger partial charge is 0.465 e. The van der Waals surface area contributed by atoms with Gasteiger partial charge in [-0.15, -0.1) is 0 Å². The summed E-state index contributed by atoms with van der Waals surface area (Å²) in [6, 6.07) is 0.0612. The Balaban J connectivity index is 2.34. The van der Waals surface area contributed by atoms with Gasteiger partial charge in [0.15, 0.2) is 0 Å². The molecule has 0 radical (unpaired) electrons. The molecule has 0 unspecified atom stereocenters. The maximum Gasteiger partial charge on any atom is 0.404 e. The summed E-state index contributed by atoms with van der Waals surface area (Å²) in [5.41, 5.74) is 0.766. The van der Waals surface area contributed by atoms with Gasteiger partial charge in [-0.05, 0) is 46.5 Å². The zero-order valence-electron chi connectivity index (χ0n) is 10.1. The van der Waals surface area contributed by atoms with Crippen LogP contribution >= 0.6 is 0 Å². The van der Waals surface area contributed by atoms with Gasteiger partial charge in [-0.1, -0.05) is 5.16 Å². The lowest BCUT2D eigenvalue weighted by Crippen LogP contribution is -2.36. The summed E-state index contributed by atoms with van der Waals surface area (Å²) in [5.74, 6) is 0. The molecule has 2 N–H and O–H groups in total. The lowest BCUT2D eigenvalue weighted by Gasteiger charge is -2.23. The predicted octanol–water partition coefficient (Wildman–Crippen LogP) is 2.37. The molecule has 1 fully saturated rings. The molecule has 0 aliphatic heterocycles. The van der Waals surface area contributed by atoms with E-state index in [-0.39, 0.29) is 11.6 Å². The molecule has 5 heteroatoms. The molecule has 1 rings (SSSR count). The molecular formula is C11H20N2O3. The third-order valence-electron chi connectivity index (χ3n) is 2.34. The molecule has 0 spiro atoms. The lowest BCUT2D eigenvalue weighted by molar-refractivity contribution is -0.0000812. The number of nitrogens with zero attached hydrogens (tertiary/aromatic N) is 1. The Hall–Kier alpha value is -1.26. The second-order valence-electron chi connectivity index (χ2n) is 5.08. The van der Waals surface area contributed by atoms with Gasteiger partial charge in [-0.25, -0.2) is 4.79 Å². The molecule has 0 atom stereocenters. The van der Waals surface area contributed by atoms with Gasteiger partial charge in [0.25, 0.3) is 0 Å². The van der Waals surface area contributed by atoms with Gasteiger partial charge < -0.3 is 15.3 Å². The third kappa shape index (κ3) is 5.00. The van der Waals surface area contributed by atoms with Crippen molar-refractivity contribution in [3.05, 3.63) is 0 Å². The topological polar surface area (TPSA) is 70.9 Å². The fourth-order valence-corrected chi connectivity index (χ4v) is 1.56. The Morgan fingerprint density at radius 1 is 1.44 bits per heavy atom. The van der Waals surface area contributed by atoms with Crippen molar-refractivity contribution in [1.29, 1.82) is 0 Å². The molecule has 0 aromatic heterocycles. The number of carbonyl (C=O) groups is 1. The Morgan fingerprint density at radius 3 is 2.44 bits per heavy atom. The van der Waals surface area contributed by atoms with Crippen LogP contribution in [-0.2, 0) is 4.84 Å². The number of hydrogen-bond donors (Lipinski definition) is 2. The fraction of sp³-hybridized carbons (Fsp3) is 0.818. The highest BCUT2D eigenvalue weighted by molar-refractivity contribution is 5.84. The van der Waals surface area contributed by atoms with Crippen molar-refractivity contribution >= 4 is 11.8 Å². The van der Waals surface area contributed by atoms with Gasteiger partial charge in [0.1, 0.15) is 5.60 Å². The van der Waals surface area contributed by atoms with E-state index in [0.29, 0.717) is 0 Å². The highest BCUT2D eigenvalue weighted by Gasteiger charge is 2.20. The summed E-state index contributed by atoms with van der Waals surface area (Å²) >= 11 is 0. The van der Waals surface area contributed by atoms with Gasteiger partial charge in [0, 0.05) is 6.04 Å². The van der Waals surface area contributed by atoms with Crippen LogP contribution in [0.25, 0.3) is 0 Å². The van der Waals surface area contributed by atoms with Gasteiger partial charge in [-0.2, -0.15) is 0 Å². The van der Waals surface area contributed by atoms with Gasteiger partial charge >= 0.3 is 6.09 Å². The smallest absolute Gasteiger partial charge is 0.404 e. The number of oxime groups is 1. The summed E-state index contributed by atoms with van der Waals surface area (Å²) < 4.78 is 0. The second kappa shape index (κ2) is 5.18. The number of carboxylic acid groups (broad SMARTS) is 1. The number of rotatable bonds is 2. The molecular weight excluding hydrogens is 208 g/mol. The Bertz CT molecular complexity index is 271. The molecule has 92 valence electrons. The number of amides is 1. The first-order valence-corrected chi connectivity index (χ1v) is 5.60. The highest BCUT2D eigenvalue weighted by Crippen LogP contribution is 2.17. The minimum absolute atomic E-state index is 0.0612. The average molecular weight is 228 g/mol. The number of hydrogen-bond acceptors (Lipinski definition) is 3. The number of nitrogens with one attached hydrogen (secondary N) is 1. The van der Waals surface area contributed by atoms with Crippen molar-refractivity contribution in [3.8, 4) is 0 Å². The summed E-state index contributed by atoms with van der Waals surface area (Å²) in [4.78, 5) is 15.8. The molecule has 1 amide bonds. The molecule has 1 aliphatic rings. The average Bonchev–Trinajstić information content (AvgIpc) is 2.14. The van der Waals surface area contributed by atoms with Gasteiger partial charge in [0.05, 0.1) is 5.71 Å². The van der Waals surface area contributed by atoms with E-state index < -0.39 is 6.09 Å². The van der Waals surface area contributed by atoms with Gasteiger partial charge in [0.2, 0.25) is 0 Å².